The number of likely N-dealkylation sites (tertiary alicyclic amines) is 1. The summed E-state index contributed by atoms with van der Waals surface area (Å²) in [6.07, 6.45) is -3.53. The van der Waals surface area contributed by atoms with Gasteiger partial charge >= 0.3 is 6.36 Å². The molecule has 0 radical (unpaired) electrons. The number of nitrogens with two attached hydrogens (primary N) is 1. The van der Waals surface area contributed by atoms with E-state index >= 15 is 0 Å². The van der Waals surface area contributed by atoms with Gasteiger partial charge in [0, 0.05) is 19.1 Å². The van der Waals surface area contributed by atoms with Crippen LogP contribution >= 0.6 is 0 Å². The molecule has 1 rings (SSSR count). The molecule has 0 aliphatic carbocycles. The Kier molecular flexibility index (Phi) is 4.36. The molecule has 0 aromatic carbocycles. The monoisotopic (exact) mass is 226 g/mol. The number of hydrogen-bond acceptors (Lipinski definition) is 3. The molecule has 2 unspecified atom stereocenters. The number of rotatable bonds is 4. The van der Waals surface area contributed by atoms with Crippen LogP contribution in [0.15, 0.2) is 0 Å². The van der Waals surface area contributed by atoms with E-state index in [-0.39, 0.29) is 12.6 Å². The summed E-state index contributed by atoms with van der Waals surface area (Å²) in [4.78, 5) is 1.97. The fourth-order valence-corrected chi connectivity index (χ4v) is 2.03. The van der Waals surface area contributed by atoms with Crippen molar-refractivity contribution in [1.29, 1.82) is 0 Å². The van der Waals surface area contributed by atoms with Crippen LogP contribution in [0.1, 0.15) is 13.3 Å². The second kappa shape index (κ2) is 5.14. The first-order valence-electron chi connectivity index (χ1n) is 5.09. The van der Waals surface area contributed by atoms with Gasteiger partial charge in [0.25, 0.3) is 0 Å². The Balaban J connectivity index is 2.27. The molecule has 1 aliphatic rings. The topological polar surface area (TPSA) is 38.5 Å². The Bertz CT molecular complexity index is 198. The summed E-state index contributed by atoms with van der Waals surface area (Å²) in [7, 11) is 0. The molecule has 2 atom stereocenters. The quantitative estimate of drug-likeness (QED) is 0.782. The molecule has 0 aromatic heterocycles. The Morgan fingerprint density at radius 3 is 2.67 bits per heavy atom. The van der Waals surface area contributed by atoms with E-state index in [0.29, 0.717) is 19.0 Å². The lowest BCUT2D eigenvalue weighted by molar-refractivity contribution is -0.325. The maximum atomic E-state index is 11.7. The van der Waals surface area contributed by atoms with Crippen molar-refractivity contribution < 1.29 is 17.9 Å². The zero-order chi connectivity index (χ0) is 11.5. The Morgan fingerprint density at radius 2 is 2.13 bits per heavy atom. The SMILES string of the molecule is CC1CCN(CCOC(F)(F)F)C1CN. The van der Waals surface area contributed by atoms with E-state index in [0.717, 1.165) is 13.0 Å². The summed E-state index contributed by atoms with van der Waals surface area (Å²) in [6.45, 7) is 3.36. The normalized spacial score (nSPS) is 28.6. The summed E-state index contributed by atoms with van der Waals surface area (Å²) in [5, 5.41) is 0. The van der Waals surface area contributed by atoms with Crippen molar-refractivity contribution in [2.75, 3.05) is 26.2 Å². The first kappa shape index (κ1) is 12.7. The van der Waals surface area contributed by atoms with E-state index in [9.17, 15) is 13.2 Å². The van der Waals surface area contributed by atoms with Crippen LogP contribution < -0.4 is 5.73 Å². The molecule has 1 fully saturated rings. The second-order valence-corrected chi connectivity index (χ2v) is 3.90. The number of halogens is 3. The van der Waals surface area contributed by atoms with Crippen LogP contribution in [0.4, 0.5) is 13.2 Å². The molecule has 2 N–H and O–H groups in total. The fraction of sp³-hybridized carbons (Fsp3) is 1.00. The van der Waals surface area contributed by atoms with Crippen molar-refractivity contribution in [3.05, 3.63) is 0 Å². The van der Waals surface area contributed by atoms with Gasteiger partial charge in [-0.25, -0.2) is 0 Å². The van der Waals surface area contributed by atoms with E-state index in [4.69, 9.17) is 5.73 Å². The summed E-state index contributed by atoms with van der Waals surface area (Å²) in [5.41, 5.74) is 5.57. The number of hydrogen-bond donors (Lipinski definition) is 1. The second-order valence-electron chi connectivity index (χ2n) is 3.90. The molecular formula is C9H17F3N2O. The smallest absolute Gasteiger partial charge is 0.329 e. The van der Waals surface area contributed by atoms with E-state index in [1.165, 1.54) is 0 Å². The first-order chi connectivity index (χ1) is 6.94. The summed E-state index contributed by atoms with van der Waals surface area (Å²) < 4.78 is 38.9. The van der Waals surface area contributed by atoms with E-state index in [2.05, 4.69) is 11.7 Å². The van der Waals surface area contributed by atoms with Gasteiger partial charge in [0.2, 0.25) is 0 Å². The average molecular weight is 226 g/mol. The third kappa shape index (κ3) is 3.96. The van der Waals surface area contributed by atoms with Gasteiger partial charge < -0.3 is 5.73 Å². The molecule has 3 nitrogen and oxygen atoms in total. The van der Waals surface area contributed by atoms with E-state index in [1.54, 1.807) is 0 Å². The van der Waals surface area contributed by atoms with Crippen LogP contribution in [0.2, 0.25) is 0 Å². The van der Waals surface area contributed by atoms with Crippen molar-refractivity contribution in [2.24, 2.45) is 11.7 Å². The van der Waals surface area contributed by atoms with Crippen LogP contribution in [0.25, 0.3) is 0 Å². The number of alkyl halides is 3. The van der Waals surface area contributed by atoms with Crippen molar-refractivity contribution in [3.63, 3.8) is 0 Å². The number of ether oxygens (including phenoxy) is 1. The molecular weight excluding hydrogens is 209 g/mol. The van der Waals surface area contributed by atoms with E-state index in [1.807, 2.05) is 4.90 Å². The van der Waals surface area contributed by atoms with Gasteiger partial charge in [-0.1, -0.05) is 6.92 Å². The molecule has 1 heterocycles. The minimum atomic E-state index is -4.52. The molecule has 90 valence electrons. The summed E-state index contributed by atoms with van der Waals surface area (Å²) in [6, 6.07) is 0.196. The zero-order valence-corrected chi connectivity index (χ0v) is 8.76. The van der Waals surface area contributed by atoms with Gasteiger partial charge in [-0.2, -0.15) is 0 Å². The Hall–Kier alpha value is -0.330. The Morgan fingerprint density at radius 1 is 1.47 bits per heavy atom. The molecule has 0 aromatic rings. The largest absolute Gasteiger partial charge is 0.522 e. The predicted octanol–water partition coefficient (Wildman–Crippen LogP) is 1.19. The van der Waals surface area contributed by atoms with Gasteiger partial charge in [0.15, 0.2) is 0 Å². The maximum absolute atomic E-state index is 11.7. The van der Waals surface area contributed by atoms with Gasteiger partial charge in [0.1, 0.15) is 0 Å². The van der Waals surface area contributed by atoms with Crippen LogP contribution in [-0.2, 0) is 4.74 Å². The summed E-state index contributed by atoms with van der Waals surface area (Å²) in [5.74, 6) is 0.459. The Labute approximate surface area is 87.4 Å². The maximum Gasteiger partial charge on any atom is 0.522 e. The highest BCUT2D eigenvalue weighted by molar-refractivity contribution is 4.84. The zero-order valence-electron chi connectivity index (χ0n) is 8.76. The molecule has 1 saturated heterocycles. The highest BCUT2D eigenvalue weighted by Gasteiger charge is 2.32. The first-order valence-corrected chi connectivity index (χ1v) is 5.09. The number of nitrogens with zero attached hydrogens (tertiary/aromatic N) is 1. The fourth-order valence-electron chi connectivity index (χ4n) is 2.03. The van der Waals surface area contributed by atoms with Gasteiger partial charge in [-0.3, -0.25) is 9.64 Å². The standard InChI is InChI=1S/C9H17F3N2O/c1-7-2-3-14(8(7)6-13)4-5-15-9(10,11)12/h7-8H,2-6,13H2,1H3. The van der Waals surface area contributed by atoms with Gasteiger partial charge in [-0.15, -0.1) is 13.2 Å². The third-order valence-corrected chi connectivity index (χ3v) is 2.88. The lowest BCUT2D eigenvalue weighted by Crippen LogP contribution is -2.40. The van der Waals surface area contributed by atoms with Crippen LogP contribution in [0.5, 0.6) is 0 Å². The molecule has 0 spiro atoms. The molecule has 0 saturated carbocycles. The minimum absolute atomic E-state index is 0.196. The van der Waals surface area contributed by atoms with Crippen molar-refractivity contribution >= 4 is 0 Å². The molecule has 6 heteroatoms. The molecule has 15 heavy (non-hydrogen) atoms. The van der Waals surface area contributed by atoms with Crippen LogP contribution in [0.3, 0.4) is 0 Å². The lowest BCUT2D eigenvalue weighted by Gasteiger charge is -2.25. The van der Waals surface area contributed by atoms with Gasteiger partial charge in [-0.05, 0) is 18.9 Å². The lowest BCUT2D eigenvalue weighted by atomic mass is 10.0. The molecule has 0 bridgehead atoms. The van der Waals surface area contributed by atoms with Crippen LogP contribution in [0, 0.1) is 5.92 Å². The average Bonchev–Trinajstić information content (AvgIpc) is 2.44. The van der Waals surface area contributed by atoms with Crippen LogP contribution in [-0.4, -0.2) is 43.5 Å². The van der Waals surface area contributed by atoms with Crippen molar-refractivity contribution in [3.8, 4) is 0 Å². The summed E-state index contributed by atoms with van der Waals surface area (Å²) >= 11 is 0. The van der Waals surface area contributed by atoms with Crippen molar-refractivity contribution in [2.45, 2.75) is 25.7 Å². The third-order valence-electron chi connectivity index (χ3n) is 2.88. The highest BCUT2D eigenvalue weighted by Crippen LogP contribution is 2.23. The molecule has 1 aliphatic heterocycles. The van der Waals surface area contributed by atoms with E-state index < -0.39 is 6.36 Å². The minimum Gasteiger partial charge on any atom is -0.329 e. The van der Waals surface area contributed by atoms with Gasteiger partial charge in [0.05, 0.1) is 6.61 Å². The predicted molar refractivity (Wildman–Crippen MR) is 50.2 cm³/mol. The highest BCUT2D eigenvalue weighted by atomic mass is 19.4. The molecule has 0 amide bonds. The van der Waals surface area contributed by atoms with Crippen molar-refractivity contribution in [1.82, 2.24) is 4.90 Å².